The molecule has 1 spiro atoms. The lowest BCUT2D eigenvalue weighted by Crippen LogP contribution is -2.36. The molecule has 1 aliphatic carbocycles. The second-order valence-corrected chi connectivity index (χ2v) is 9.52. The summed E-state index contributed by atoms with van der Waals surface area (Å²) in [4.78, 5) is 18.1. The fraction of sp³-hybridized carbons (Fsp3) is 0.409. The Morgan fingerprint density at radius 2 is 2.00 bits per heavy atom. The van der Waals surface area contributed by atoms with E-state index in [4.69, 9.17) is 0 Å². The SMILES string of the molecule is Cn1cc(-c2cc(CN[SH](=O)=O)ccc2N2CCCC3(CC3)C2)c2cc[nH]c2c1=O. The number of benzene rings is 1. The van der Waals surface area contributed by atoms with E-state index in [-0.39, 0.29) is 12.1 Å². The van der Waals surface area contributed by atoms with E-state index in [0.29, 0.717) is 10.9 Å². The second-order valence-electron chi connectivity index (χ2n) is 8.69. The van der Waals surface area contributed by atoms with Gasteiger partial charge in [0.25, 0.3) is 5.56 Å². The molecule has 0 amide bonds. The van der Waals surface area contributed by atoms with Crippen LogP contribution in [0.5, 0.6) is 0 Å². The van der Waals surface area contributed by atoms with E-state index in [0.717, 1.165) is 40.9 Å². The minimum atomic E-state index is -2.65. The Balaban J connectivity index is 1.66. The third kappa shape index (κ3) is 3.44. The van der Waals surface area contributed by atoms with Gasteiger partial charge in [0, 0.05) is 61.3 Å². The van der Waals surface area contributed by atoms with Crippen molar-refractivity contribution in [3.63, 3.8) is 0 Å². The van der Waals surface area contributed by atoms with Gasteiger partial charge in [-0.25, -0.2) is 13.1 Å². The Morgan fingerprint density at radius 1 is 1.17 bits per heavy atom. The van der Waals surface area contributed by atoms with Gasteiger partial charge in [0.1, 0.15) is 5.52 Å². The quantitative estimate of drug-likeness (QED) is 0.547. The average molecular weight is 427 g/mol. The summed E-state index contributed by atoms with van der Waals surface area (Å²) in [6.45, 7) is 2.32. The minimum Gasteiger partial charge on any atom is -0.370 e. The first-order valence-corrected chi connectivity index (χ1v) is 11.6. The number of pyridine rings is 1. The number of aromatic nitrogens is 2. The minimum absolute atomic E-state index is 0.0589. The number of thiol groups is 1. The van der Waals surface area contributed by atoms with Crippen LogP contribution in [0, 0.1) is 5.41 Å². The van der Waals surface area contributed by atoms with Crippen LogP contribution in [0.4, 0.5) is 5.69 Å². The van der Waals surface area contributed by atoms with Gasteiger partial charge >= 0.3 is 0 Å². The van der Waals surface area contributed by atoms with E-state index in [1.54, 1.807) is 17.8 Å². The van der Waals surface area contributed by atoms with E-state index >= 15 is 0 Å². The highest BCUT2D eigenvalue weighted by molar-refractivity contribution is 7.70. The van der Waals surface area contributed by atoms with Crippen molar-refractivity contribution in [1.29, 1.82) is 0 Å². The number of nitrogens with one attached hydrogen (secondary N) is 2. The summed E-state index contributed by atoms with van der Waals surface area (Å²) in [6, 6.07) is 8.10. The number of H-pyrrole nitrogens is 1. The van der Waals surface area contributed by atoms with Crippen molar-refractivity contribution in [3.05, 3.63) is 52.6 Å². The number of piperidine rings is 1. The van der Waals surface area contributed by atoms with Crippen molar-refractivity contribution >= 4 is 27.5 Å². The van der Waals surface area contributed by atoms with E-state index in [9.17, 15) is 13.2 Å². The first-order chi connectivity index (χ1) is 14.5. The van der Waals surface area contributed by atoms with Crippen molar-refractivity contribution in [3.8, 4) is 11.1 Å². The maximum absolute atomic E-state index is 12.5. The molecule has 2 aromatic heterocycles. The van der Waals surface area contributed by atoms with Crippen LogP contribution in [0.1, 0.15) is 31.2 Å². The van der Waals surface area contributed by atoms with Crippen molar-refractivity contribution in [2.24, 2.45) is 12.5 Å². The monoisotopic (exact) mass is 426 g/mol. The Morgan fingerprint density at radius 3 is 2.77 bits per heavy atom. The van der Waals surface area contributed by atoms with Crippen molar-refractivity contribution in [2.75, 3.05) is 18.0 Å². The highest BCUT2D eigenvalue weighted by Gasteiger charge is 2.45. The van der Waals surface area contributed by atoms with Gasteiger partial charge in [-0.2, -0.15) is 0 Å². The molecular formula is C22H26N4O3S. The maximum Gasteiger partial charge on any atom is 0.274 e. The lowest BCUT2D eigenvalue weighted by Gasteiger charge is -2.36. The number of fused-ring (bicyclic) bond motifs is 1. The van der Waals surface area contributed by atoms with Gasteiger partial charge in [0.2, 0.25) is 10.9 Å². The van der Waals surface area contributed by atoms with Crippen LogP contribution >= 0.6 is 0 Å². The second kappa shape index (κ2) is 7.28. The van der Waals surface area contributed by atoms with E-state index in [1.807, 2.05) is 18.3 Å². The first-order valence-electron chi connectivity index (χ1n) is 10.4. The molecule has 2 aliphatic rings. The predicted molar refractivity (Wildman–Crippen MR) is 119 cm³/mol. The van der Waals surface area contributed by atoms with Crippen LogP contribution in [0.15, 0.2) is 41.5 Å². The molecule has 5 rings (SSSR count). The Kier molecular flexibility index (Phi) is 4.71. The molecule has 0 unspecified atom stereocenters. The molecule has 1 aliphatic heterocycles. The molecule has 30 heavy (non-hydrogen) atoms. The third-order valence-electron chi connectivity index (χ3n) is 6.62. The van der Waals surface area contributed by atoms with Crippen LogP contribution in [0.2, 0.25) is 0 Å². The normalized spacial score (nSPS) is 17.9. The summed E-state index contributed by atoms with van der Waals surface area (Å²) < 4.78 is 26.1. The van der Waals surface area contributed by atoms with Gasteiger partial charge in [-0.3, -0.25) is 4.79 Å². The highest BCUT2D eigenvalue weighted by atomic mass is 32.2. The predicted octanol–water partition coefficient (Wildman–Crippen LogP) is 2.53. The van der Waals surface area contributed by atoms with Crippen LogP contribution < -0.4 is 15.2 Å². The molecule has 1 saturated heterocycles. The molecule has 3 heterocycles. The van der Waals surface area contributed by atoms with E-state index in [2.05, 4.69) is 26.7 Å². The zero-order valence-corrected chi connectivity index (χ0v) is 17.9. The Bertz CT molecular complexity index is 1240. The largest absolute Gasteiger partial charge is 0.370 e. The van der Waals surface area contributed by atoms with Crippen molar-refractivity contribution in [1.82, 2.24) is 14.3 Å². The Hall–Kier alpha value is -2.58. The topological polar surface area (TPSA) is 87.2 Å². The lowest BCUT2D eigenvalue weighted by molar-refractivity contribution is 0.395. The molecular weight excluding hydrogens is 400 g/mol. The zero-order valence-electron chi connectivity index (χ0n) is 17.0. The van der Waals surface area contributed by atoms with Gasteiger partial charge in [0.15, 0.2) is 0 Å². The van der Waals surface area contributed by atoms with Crippen molar-refractivity contribution < 1.29 is 8.42 Å². The number of anilines is 1. The first kappa shape index (κ1) is 19.4. The summed E-state index contributed by atoms with van der Waals surface area (Å²) >= 11 is 0. The van der Waals surface area contributed by atoms with Gasteiger partial charge in [-0.1, -0.05) is 6.07 Å². The van der Waals surface area contributed by atoms with Crippen LogP contribution in [0.25, 0.3) is 22.0 Å². The highest BCUT2D eigenvalue weighted by Crippen LogP contribution is 2.53. The number of aryl methyl sites for hydroxylation is 1. The third-order valence-corrected chi connectivity index (χ3v) is 7.03. The lowest BCUT2D eigenvalue weighted by atomic mass is 9.92. The van der Waals surface area contributed by atoms with Gasteiger partial charge in [-0.15, -0.1) is 0 Å². The van der Waals surface area contributed by atoms with Crippen LogP contribution in [0.3, 0.4) is 0 Å². The molecule has 0 radical (unpaired) electrons. The molecule has 0 bridgehead atoms. The molecule has 1 saturated carbocycles. The van der Waals surface area contributed by atoms with Gasteiger partial charge < -0.3 is 14.5 Å². The average Bonchev–Trinajstić information content (AvgIpc) is 3.28. The molecule has 1 aromatic carbocycles. The van der Waals surface area contributed by atoms with Crippen LogP contribution in [-0.4, -0.2) is 31.1 Å². The fourth-order valence-corrected chi connectivity index (χ4v) is 5.13. The summed E-state index contributed by atoms with van der Waals surface area (Å²) in [5.41, 5.74) is 5.06. The molecule has 2 fully saturated rings. The van der Waals surface area contributed by atoms with E-state index < -0.39 is 10.9 Å². The molecule has 8 heteroatoms. The number of hydrogen-bond donors (Lipinski definition) is 3. The summed E-state index contributed by atoms with van der Waals surface area (Å²) in [7, 11) is -0.890. The van der Waals surface area contributed by atoms with Gasteiger partial charge in [-0.05, 0) is 54.9 Å². The molecule has 3 aromatic rings. The number of aromatic amines is 1. The van der Waals surface area contributed by atoms with Crippen LogP contribution in [-0.2, 0) is 24.5 Å². The standard InChI is InChI=1S/C22H26N4O3S/c1-25-13-18(16-5-9-23-20(16)21(25)27)17-11-15(12-24-30(28)29)3-4-19(17)26-10-2-6-22(14-26)7-8-22/h3-5,9,11,13,23,30H,2,6-8,10,12,14H2,1H3,(H,24,28,29). The summed E-state index contributed by atoms with van der Waals surface area (Å²) in [5, 5.41) is 0.887. The number of nitrogens with zero attached hydrogens (tertiary/aromatic N) is 2. The number of hydrogen-bond acceptors (Lipinski definition) is 4. The van der Waals surface area contributed by atoms with E-state index in [1.165, 1.54) is 25.7 Å². The van der Waals surface area contributed by atoms with Crippen molar-refractivity contribution in [2.45, 2.75) is 32.2 Å². The Labute approximate surface area is 176 Å². The maximum atomic E-state index is 12.5. The molecule has 7 nitrogen and oxygen atoms in total. The molecule has 2 N–H and O–H groups in total. The number of rotatable bonds is 5. The molecule has 158 valence electrons. The fourth-order valence-electron chi connectivity index (χ4n) is 4.82. The zero-order chi connectivity index (χ0) is 20.9. The molecule has 0 atom stereocenters. The summed E-state index contributed by atoms with van der Waals surface area (Å²) in [6.07, 6.45) is 8.78. The van der Waals surface area contributed by atoms with Gasteiger partial charge in [0.05, 0.1) is 0 Å². The smallest absolute Gasteiger partial charge is 0.274 e. The summed E-state index contributed by atoms with van der Waals surface area (Å²) in [5.74, 6) is 0.